The molecule has 0 atom stereocenters. The number of aryl methyl sites for hydroxylation is 1. The average molecular weight is 448 g/mol. The zero-order valence-corrected chi connectivity index (χ0v) is 18.5. The summed E-state index contributed by atoms with van der Waals surface area (Å²) in [5, 5.41) is 4.49. The van der Waals surface area contributed by atoms with E-state index in [-0.39, 0.29) is 23.7 Å². The van der Waals surface area contributed by atoms with Crippen LogP contribution in [-0.2, 0) is 19.5 Å². The SMILES string of the molecule is Cc1ccccc1C(=O)N1CCC2(CC1)Cc1nn(Cc3ccc(F)cc3)c(=O)c(=O)n1C2. The lowest BCUT2D eigenvalue weighted by molar-refractivity contribution is 0.0575. The van der Waals surface area contributed by atoms with Gasteiger partial charge in [-0.2, -0.15) is 5.10 Å². The Bertz CT molecular complexity index is 1330. The molecule has 0 unspecified atom stereocenters. The van der Waals surface area contributed by atoms with E-state index in [1.54, 1.807) is 12.1 Å². The van der Waals surface area contributed by atoms with E-state index in [9.17, 15) is 18.8 Å². The molecule has 0 N–H and O–H groups in total. The van der Waals surface area contributed by atoms with E-state index in [1.807, 2.05) is 36.1 Å². The minimum atomic E-state index is -0.674. The maximum absolute atomic E-state index is 13.2. The molecule has 2 aromatic carbocycles. The van der Waals surface area contributed by atoms with E-state index in [0.717, 1.165) is 24.0 Å². The van der Waals surface area contributed by atoms with Crippen LogP contribution in [0, 0.1) is 18.2 Å². The molecule has 2 aliphatic rings. The van der Waals surface area contributed by atoms with Crippen LogP contribution < -0.4 is 11.1 Å². The van der Waals surface area contributed by atoms with Crippen molar-refractivity contribution in [3.05, 3.63) is 97.6 Å². The van der Waals surface area contributed by atoms with Gasteiger partial charge in [0.1, 0.15) is 11.6 Å². The predicted octanol–water partition coefficient (Wildman–Crippen LogP) is 2.38. The summed E-state index contributed by atoms with van der Waals surface area (Å²) < 4.78 is 15.9. The average Bonchev–Trinajstić information content (AvgIpc) is 3.17. The number of amides is 1. The maximum atomic E-state index is 13.2. The second-order valence-corrected chi connectivity index (χ2v) is 9.18. The number of carbonyl (C=O) groups is 1. The largest absolute Gasteiger partial charge is 0.339 e. The predicted molar refractivity (Wildman–Crippen MR) is 121 cm³/mol. The maximum Gasteiger partial charge on any atom is 0.332 e. The highest BCUT2D eigenvalue weighted by molar-refractivity contribution is 5.95. The molecule has 3 aromatic rings. The summed E-state index contributed by atoms with van der Waals surface area (Å²) in [6, 6.07) is 13.4. The highest BCUT2D eigenvalue weighted by Gasteiger charge is 2.43. The van der Waals surface area contributed by atoms with Gasteiger partial charge in [0.25, 0.3) is 5.91 Å². The fourth-order valence-corrected chi connectivity index (χ4v) is 4.97. The zero-order chi connectivity index (χ0) is 23.2. The number of halogens is 1. The molecule has 1 aromatic heterocycles. The van der Waals surface area contributed by atoms with E-state index >= 15 is 0 Å². The van der Waals surface area contributed by atoms with Crippen molar-refractivity contribution in [2.75, 3.05) is 13.1 Å². The van der Waals surface area contributed by atoms with E-state index in [0.29, 0.717) is 37.4 Å². The Labute approximate surface area is 190 Å². The Hall–Kier alpha value is -3.55. The number of aromatic nitrogens is 3. The molecule has 3 heterocycles. The van der Waals surface area contributed by atoms with Crippen LogP contribution in [0.2, 0.25) is 0 Å². The van der Waals surface area contributed by atoms with Crippen LogP contribution in [0.3, 0.4) is 0 Å². The smallest absolute Gasteiger partial charge is 0.332 e. The van der Waals surface area contributed by atoms with E-state index < -0.39 is 11.1 Å². The van der Waals surface area contributed by atoms with Crippen LogP contribution in [0.1, 0.15) is 40.2 Å². The van der Waals surface area contributed by atoms with Gasteiger partial charge in [0, 0.05) is 31.6 Å². The Balaban J connectivity index is 1.33. The van der Waals surface area contributed by atoms with Gasteiger partial charge in [0.2, 0.25) is 0 Å². The molecule has 33 heavy (non-hydrogen) atoms. The summed E-state index contributed by atoms with van der Waals surface area (Å²) in [7, 11) is 0. The van der Waals surface area contributed by atoms with Crippen molar-refractivity contribution in [1.82, 2.24) is 19.2 Å². The Morgan fingerprint density at radius 2 is 1.73 bits per heavy atom. The highest BCUT2D eigenvalue weighted by atomic mass is 19.1. The first-order valence-corrected chi connectivity index (χ1v) is 11.2. The minimum Gasteiger partial charge on any atom is -0.339 e. The lowest BCUT2D eigenvalue weighted by atomic mass is 9.77. The van der Waals surface area contributed by atoms with E-state index in [2.05, 4.69) is 5.10 Å². The van der Waals surface area contributed by atoms with Gasteiger partial charge >= 0.3 is 11.1 Å². The van der Waals surface area contributed by atoms with Gasteiger partial charge in [0.15, 0.2) is 0 Å². The third-order valence-corrected chi connectivity index (χ3v) is 6.97. The van der Waals surface area contributed by atoms with Crippen molar-refractivity contribution in [3.63, 3.8) is 0 Å². The molecule has 2 aliphatic heterocycles. The Kier molecular flexibility index (Phi) is 5.23. The highest BCUT2D eigenvalue weighted by Crippen LogP contribution is 2.40. The molecule has 0 saturated carbocycles. The van der Waals surface area contributed by atoms with Crippen molar-refractivity contribution in [2.45, 2.75) is 39.3 Å². The van der Waals surface area contributed by atoms with Crippen molar-refractivity contribution < 1.29 is 9.18 Å². The number of carbonyl (C=O) groups excluding carboxylic acids is 1. The van der Waals surface area contributed by atoms with Crippen molar-refractivity contribution in [3.8, 4) is 0 Å². The quantitative estimate of drug-likeness (QED) is 0.577. The number of fused-ring (bicyclic) bond motifs is 1. The first-order valence-electron chi connectivity index (χ1n) is 11.2. The van der Waals surface area contributed by atoms with Gasteiger partial charge in [-0.05, 0) is 54.5 Å². The number of benzene rings is 2. The molecule has 5 rings (SSSR count). The molecule has 170 valence electrons. The fourth-order valence-electron chi connectivity index (χ4n) is 4.97. The molecule has 0 radical (unpaired) electrons. The first kappa shape index (κ1) is 21.3. The normalized spacial score (nSPS) is 16.7. The molecule has 0 bridgehead atoms. The van der Waals surface area contributed by atoms with Crippen LogP contribution in [-0.4, -0.2) is 38.2 Å². The number of rotatable bonds is 3. The summed E-state index contributed by atoms with van der Waals surface area (Å²) in [4.78, 5) is 40.3. The number of likely N-dealkylation sites (tertiary alicyclic amines) is 1. The number of piperidine rings is 1. The van der Waals surface area contributed by atoms with E-state index in [1.165, 1.54) is 21.4 Å². The molecule has 8 heteroatoms. The molecule has 1 amide bonds. The monoisotopic (exact) mass is 448 g/mol. The molecule has 1 spiro atoms. The van der Waals surface area contributed by atoms with E-state index in [4.69, 9.17) is 0 Å². The topological polar surface area (TPSA) is 77.2 Å². The van der Waals surface area contributed by atoms with Gasteiger partial charge < -0.3 is 4.90 Å². The second-order valence-electron chi connectivity index (χ2n) is 9.18. The summed E-state index contributed by atoms with van der Waals surface area (Å²) in [5.41, 5.74) is 0.957. The van der Waals surface area contributed by atoms with Gasteiger partial charge in [-0.15, -0.1) is 0 Å². The lowest BCUT2D eigenvalue weighted by Gasteiger charge is -2.38. The molecule has 7 nitrogen and oxygen atoms in total. The number of nitrogens with zero attached hydrogens (tertiary/aromatic N) is 4. The van der Waals surface area contributed by atoms with Crippen LogP contribution in [0.15, 0.2) is 58.1 Å². The van der Waals surface area contributed by atoms with Crippen LogP contribution in [0.5, 0.6) is 0 Å². The minimum absolute atomic E-state index is 0.0349. The zero-order valence-electron chi connectivity index (χ0n) is 18.5. The van der Waals surface area contributed by atoms with Gasteiger partial charge in [-0.1, -0.05) is 30.3 Å². The third-order valence-electron chi connectivity index (χ3n) is 6.97. The molecular formula is C25H25FN4O3. The standard InChI is InChI=1S/C25H25FN4O3/c1-17-4-2-3-5-20(17)22(31)28-12-10-25(11-13-28)14-21-27-30(24(33)23(32)29(21)16-25)15-18-6-8-19(26)9-7-18/h2-9H,10-16H2,1H3. The lowest BCUT2D eigenvalue weighted by Crippen LogP contribution is -2.45. The van der Waals surface area contributed by atoms with Crippen LogP contribution in [0.25, 0.3) is 0 Å². The van der Waals surface area contributed by atoms with Gasteiger partial charge in [-0.3, -0.25) is 19.0 Å². The first-order chi connectivity index (χ1) is 15.8. The van der Waals surface area contributed by atoms with Gasteiger partial charge in [0.05, 0.1) is 6.54 Å². The Morgan fingerprint density at radius 3 is 2.42 bits per heavy atom. The summed E-state index contributed by atoms with van der Waals surface area (Å²) >= 11 is 0. The van der Waals surface area contributed by atoms with Crippen molar-refractivity contribution in [2.24, 2.45) is 5.41 Å². The second kappa shape index (κ2) is 8.10. The molecule has 1 fully saturated rings. The molecule has 0 aliphatic carbocycles. The van der Waals surface area contributed by atoms with Crippen LogP contribution in [0.4, 0.5) is 4.39 Å². The van der Waals surface area contributed by atoms with Crippen molar-refractivity contribution >= 4 is 5.91 Å². The summed E-state index contributed by atoms with van der Waals surface area (Å²) in [6.45, 7) is 3.72. The summed E-state index contributed by atoms with van der Waals surface area (Å²) in [5.74, 6) is 0.274. The third kappa shape index (κ3) is 3.90. The Morgan fingerprint density at radius 1 is 1.03 bits per heavy atom. The van der Waals surface area contributed by atoms with Crippen LogP contribution >= 0.6 is 0 Å². The fraction of sp³-hybridized carbons (Fsp3) is 0.360. The molecular weight excluding hydrogens is 423 g/mol. The van der Waals surface area contributed by atoms with Crippen molar-refractivity contribution in [1.29, 1.82) is 0 Å². The number of hydrogen-bond acceptors (Lipinski definition) is 4. The number of hydrogen-bond donors (Lipinski definition) is 0. The summed E-state index contributed by atoms with van der Waals surface area (Å²) in [6.07, 6.45) is 2.09. The van der Waals surface area contributed by atoms with Gasteiger partial charge in [-0.25, -0.2) is 9.07 Å². The molecule has 1 saturated heterocycles.